The van der Waals surface area contributed by atoms with Crippen LogP contribution in [0.4, 0.5) is 8.78 Å². The molecule has 0 radical (unpaired) electrons. The van der Waals surface area contributed by atoms with Crippen LogP contribution in [0.25, 0.3) is 19.8 Å². The van der Waals surface area contributed by atoms with E-state index in [0.29, 0.717) is 17.5 Å². The zero-order valence-electron chi connectivity index (χ0n) is 19.4. The average molecular weight is 479 g/mol. The number of thiophene rings is 2. The van der Waals surface area contributed by atoms with Gasteiger partial charge in [0.25, 0.3) is 0 Å². The molecule has 0 bridgehead atoms. The second-order valence-electron chi connectivity index (χ2n) is 8.29. The summed E-state index contributed by atoms with van der Waals surface area (Å²) in [6, 6.07) is 14.1. The number of hydrogen-bond acceptors (Lipinski definition) is 2. The lowest BCUT2D eigenvalue weighted by Crippen LogP contribution is -1.94. The highest BCUT2D eigenvalue weighted by Crippen LogP contribution is 2.39. The Kier molecular flexibility index (Phi) is 7.63. The molecule has 0 amide bonds. The number of rotatable bonds is 7. The van der Waals surface area contributed by atoms with Crippen LogP contribution in [-0.4, -0.2) is 0 Å². The number of fused-ring (bicyclic) bond motifs is 1. The minimum Gasteiger partial charge on any atom is -0.204 e. The van der Waals surface area contributed by atoms with Gasteiger partial charge in [-0.3, -0.25) is 0 Å². The molecule has 0 spiro atoms. The molecule has 4 rings (SSSR count). The monoisotopic (exact) mass is 478 g/mol. The number of hydrogen-bond donors (Lipinski definition) is 0. The maximum absolute atomic E-state index is 13.8. The molecule has 2 heterocycles. The van der Waals surface area contributed by atoms with Crippen LogP contribution in [0, 0.1) is 23.5 Å². The predicted molar refractivity (Wildman–Crippen MR) is 139 cm³/mol. The molecule has 0 nitrogen and oxygen atoms in total. The van der Waals surface area contributed by atoms with Gasteiger partial charge < -0.3 is 0 Å². The molecule has 170 valence electrons. The van der Waals surface area contributed by atoms with E-state index in [2.05, 4.69) is 56.0 Å². The van der Waals surface area contributed by atoms with E-state index >= 15 is 0 Å². The molecule has 2 aromatic carbocycles. The quantitative estimate of drug-likeness (QED) is 0.183. The Balaban J connectivity index is 1.57. The van der Waals surface area contributed by atoms with Crippen molar-refractivity contribution in [3.63, 3.8) is 0 Å². The number of halogens is 2. The Morgan fingerprint density at radius 1 is 0.788 bits per heavy atom. The van der Waals surface area contributed by atoms with E-state index in [-0.39, 0.29) is 0 Å². The number of benzene rings is 2. The Bertz CT molecular complexity index is 1300. The van der Waals surface area contributed by atoms with Gasteiger partial charge in [0.2, 0.25) is 0 Å². The predicted octanol–water partition coefficient (Wildman–Crippen LogP) is 9.17. The van der Waals surface area contributed by atoms with Gasteiger partial charge in [0.15, 0.2) is 11.6 Å². The van der Waals surface area contributed by atoms with Gasteiger partial charge in [0.1, 0.15) is 0 Å². The summed E-state index contributed by atoms with van der Waals surface area (Å²) in [4.78, 5) is 2.23. The largest absolute Gasteiger partial charge is 0.204 e. The fourth-order valence-electron chi connectivity index (χ4n) is 4.05. The van der Waals surface area contributed by atoms with Crippen molar-refractivity contribution in [1.29, 1.82) is 0 Å². The molecule has 0 atom stereocenters. The second-order valence-corrected chi connectivity index (χ2v) is 10.5. The Morgan fingerprint density at radius 2 is 1.58 bits per heavy atom. The third kappa shape index (κ3) is 5.37. The van der Waals surface area contributed by atoms with E-state index in [9.17, 15) is 8.78 Å². The van der Waals surface area contributed by atoms with Gasteiger partial charge in [-0.1, -0.05) is 63.7 Å². The Morgan fingerprint density at radius 3 is 2.30 bits per heavy atom. The summed E-state index contributed by atoms with van der Waals surface area (Å²) in [7, 11) is 0. The van der Waals surface area contributed by atoms with E-state index < -0.39 is 11.6 Å². The minimum absolute atomic E-state index is 0.360. The summed E-state index contributed by atoms with van der Waals surface area (Å²) < 4.78 is 30.0. The highest BCUT2D eigenvalue weighted by atomic mass is 32.1. The normalized spacial score (nSPS) is 11.1. The van der Waals surface area contributed by atoms with Crippen LogP contribution in [-0.2, 0) is 19.3 Å². The summed E-state index contributed by atoms with van der Waals surface area (Å²) in [6.45, 7) is 6.27. The zero-order valence-corrected chi connectivity index (χ0v) is 21.0. The van der Waals surface area contributed by atoms with Crippen molar-refractivity contribution in [1.82, 2.24) is 0 Å². The maximum atomic E-state index is 13.8. The molecule has 0 saturated carbocycles. The first-order valence-electron chi connectivity index (χ1n) is 11.7. The van der Waals surface area contributed by atoms with Crippen LogP contribution in [0.2, 0.25) is 0 Å². The first-order chi connectivity index (χ1) is 16.0. The molecule has 4 aromatic rings. The van der Waals surface area contributed by atoms with Crippen LogP contribution in [0.5, 0.6) is 0 Å². The lowest BCUT2D eigenvalue weighted by Gasteiger charge is -2.09. The first-order valence-corrected chi connectivity index (χ1v) is 13.3. The van der Waals surface area contributed by atoms with Crippen molar-refractivity contribution in [2.24, 2.45) is 0 Å². The van der Waals surface area contributed by atoms with Crippen LogP contribution < -0.4 is 0 Å². The molecule has 0 fully saturated rings. The molecule has 2 aromatic heterocycles. The van der Waals surface area contributed by atoms with Crippen molar-refractivity contribution in [3.05, 3.63) is 81.2 Å². The molecule has 0 N–H and O–H groups in total. The van der Waals surface area contributed by atoms with E-state index in [4.69, 9.17) is 0 Å². The van der Waals surface area contributed by atoms with Gasteiger partial charge in [-0.15, -0.1) is 22.7 Å². The molecule has 0 saturated heterocycles. The van der Waals surface area contributed by atoms with E-state index in [1.54, 1.807) is 28.7 Å². The molecule has 0 unspecified atom stereocenters. The summed E-state index contributed by atoms with van der Waals surface area (Å²) in [5.74, 6) is 4.53. The van der Waals surface area contributed by atoms with Crippen molar-refractivity contribution in [2.75, 3.05) is 0 Å². The van der Waals surface area contributed by atoms with Gasteiger partial charge in [-0.05, 0) is 72.2 Å². The van der Waals surface area contributed by atoms with E-state index in [1.165, 1.54) is 56.3 Å². The van der Waals surface area contributed by atoms with Crippen LogP contribution in [0.1, 0.15) is 67.2 Å². The van der Waals surface area contributed by atoms with Crippen molar-refractivity contribution >= 4 is 32.1 Å². The molecule has 4 heteroatoms. The third-order valence-corrected chi connectivity index (χ3v) is 8.15. The van der Waals surface area contributed by atoms with Gasteiger partial charge in [-0.25, -0.2) is 8.78 Å². The van der Waals surface area contributed by atoms with Gasteiger partial charge in [0, 0.05) is 19.8 Å². The van der Waals surface area contributed by atoms with Crippen molar-refractivity contribution in [2.45, 2.75) is 59.3 Å². The first kappa shape index (κ1) is 23.7. The molecule has 0 aliphatic heterocycles. The lowest BCUT2D eigenvalue weighted by atomic mass is 9.98. The minimum atomic E-state index is -0.835. The summed E-state index contributed by atoms with van der Waals surface area (Å²) in [5.41, 5.74) is 5.03. The van der Waals surface area contributed by atoms with Crippen molar-refractivity contribution in [3.8, 4) is 22.3 Å². The highest BCUT2D eigenvalue weighted by molar-refractivity contribution is 7.29. The third-order valence-electron chi connectivity index (χ3n) is 5.91. The Hall–Kier alpha value is -2.48. The Labute approximate surface area is 203 Å². The van der Waals surface area contributed by atoms with Crippen molar-refractivity contribution < 1.29 is 8.78 Å². The number of unbranched alkanes of at least 4 members (excludes halogenated alkanes) is 2. The smallest absolute Gasteiger partial charge is 0.162 e. The molecular formula is C29H28F2S2. The topological polar surface area (TPSA) is 0 Å². The van der Waals surface area contributed by atoms with E-state index in [1.807, 2.05) is 6.92 Å². The molecule has 0 aliphatic rings. The van der Waals surface area contributed by atoms with Gasteiger partial charge >= 0.3 is 0 Å². The maximum Gasteiger partial charge on any atom is 0.162 e. The van der Waals surface area contributed by atoms with E-state index in [0.717, 1.165) is 17.7 Å². The summed E-state index contributed by atoms with van der Waals surface area (Å²) >= 11 is 3.44. The second kappa shape index (κ2) is 10.6. The highest BCUT2D eigenvalue weighted by Gasteiger charge is 2.12. The van der Waals surface area contributed by atoms with Crippen LogP contribution >= 0.6 is 22.7 Å². The zero-order chi connectivity index (χ0) is 23.4. The summed E-state index contributed by atoms with van der Waals surface area (Å²) in [5, 5.41) is 0. The summed E-state index contributed by atoms with van der Waals surface area (Å²) in [6.07, 6.45) is 6.40. The number of aryl methyl sites for hydroxylation is 3. The molecular weight excluding hydrogens is 450 g/mol. The lowest BCUT2D eigenvalue weighted by molar-refractivity contribution is 0.499. The standard InChI is InChI=1S/C29H28F2S2/c1-4-7-8-9-19-11-13-24(21(5-2)14-19)26-18-28-27(33-26)17-23(32-28)12-10-20-15-22(6-3)29(31)25(30)16-20/h11,13-18H,4-9H2,1-3H3. The average Bonchev–Trinajstić information content (AvgIpc) is 3.38. The fraction of sp³-hybridized carbons (Fsp3) is 0.310. The van der Waals surface area contributed by atoms with Crippen LogP contribution in [0.3, 0.4) is 0 Å². The van der Waals surface area contributed by atoms with Gasteiger partial charge in [-0.2, -0.15) is 0 Å². The molecule has 33 heavy (non-hydrogen) atoms. The molecule has 0 aliphatic carbocycles. The van der Waals surface area contributed by atoms with Crippen LogP contribution in [0.15, 0.2) is 42.5 Å². The van der Waals surface area contributed by atoms with Gasteiger partial charge in [0.05, 0.1) is 4.88 Å². The SMILES string of the molecule is CCCCCc1ccc(-c2cc3sc(C#Cc4cc(F)c(F)c(CC)c4)cc3s2)c(CC)c1. The fourth-order valence-corrected chi connectivity index (χ4v) is 6.36.